The molecular formula is C17H19ClFN. The Morgan fingerprint density at radius 2 is 1.85 bits per heavy atom. The van der Waals surface area contributed by atoms with E-state index in [-0.39, 0.29) is 11.9 Å². The van der Waals surface area contributed by atoms with Gasteiger partial charge in [0.25, 0.3) is 0 Å². The molecule has 0 saturated heterocycles. The minimum atomic E-state index is -0.254. The van der Waals surface area contributed by atoms with Gasteiger partial charge in [-0.2, -0.15) is 0 Å². The topological polar surface area (TPSA) is 12.0 Å². The van der Waals surface area contributed by atoms with E-state index in [0.717, 1.165) is 18.5 Å². The van der Waals surface area contributed by atoms with E-state index in [2.05, 4.69) is 36.5 Å². The Balaban J connectivity index is 2.26. The predicted molar refractivity (Wildman–Crippen MR) is 82.7 cm³/mol. The third-order valence-electron chi connectivity index (χ3n) is 3.34. The van der Waals surface area contributed by atoms with Gasteiger partial charge in [0.1, 0.15) is 5.82 Å². The maximum absolute atomic E-state index is 13.5. The zero-order valence-corrected chi connectivity index (χ0v) is 12.5. The van der Waals surface area contributed by atoms with Crippen molar-refractivity contribution in [2.24, 2.45) is 0 Å². The zero-order chi connectivity index (χ0) is 14.5. The number of benzene rings is 2. The molecule has 0 saturated carbocycles. The van der Waals surface area contributed by atoms with Crippen LogP contribution >= 0.6 is 11.6 Å². The molecule has 0 heterocycles. The summed E-state index contributed by atoms with van der Waals surface area (Å²) in [4.78, 5) is 0. The van der Waals surface area contributed by atoms with Crippen LogP contribution in [0.1, 0.15) is 29.7 Å². The van der Waals surface area contributed by atoms with Crippen molar-refractivity contribution >= 4 is 11.6 Å². The Morgan fingerprint density at radius 3 is 2.50 bits per heavy atom. The predicted octanol–water partition coefficient (Wildman–Crippen LogP) is 4.68. The summed E-state index contributed by atoms with van der Waals surface area (Å²) in [5.41, 5.74) is 3.26. The Kier molecular flexibility index (Phi) is 5.16. The van der Waals surface area contributed by atoms with Crippen LogP contribution in [-0.4, -0.2) is 6.54 Å². The maximum Gasteiger partial charge on any atom is 0.123 e. The third-order valence-corrected chi connectivity index (χ3v) is 3.69. The van der Waals surface area contributed by atoms with E-state index in [1.165, 1.54) is 23.3 Å². The molecule has 1 nitrogen and oxygen atoms in total. The molecule has 20 heavy (non-hydrogen) atoms. The summed E-state index contributed by atoms with van der Waals surface area (Å²) in [6.45, 7) is 4.91. The first-order valence-electron chi connectivity index (χ1n) is 6.84. The molecule has 2 rings (SSSR count). The second-order valence-electron chi connectivity index (χ2n) is 4.97. The van der Waals surface area contributed by atoms with Gasteiger partial charge in [0.15, 0.2) is 0 Å². The Morgan fingerprint density at radius 1 is 1.15 bits per heavy atom. The second kappa shape index (κ2) is 6.87. The second-order valence-corrected chi connectivity index (χ2v) is 5.37. The van der Waals surface area contributed by atoms with E-state index >= 15 is 0 Å². The average Bonchev–Trinajstić information content (AvgIpc) is 2.43. The van der Waals surface area contributed by atoms with Gasteiger partial charge in [-0.3, -0.25) is 0 Å². The van der Waals surface area contributed by atoms with Crippen LogP contribution in [0.15, 0.2) is 42.5 Å². The van der Waals surface area contributed by atoms with Crippen LogP contribution in [0.2, 0.25) is 5.02 Å². The number of nitrogens with one attached hydrogen (secondary N) is 1. The molecule has 2 aromatic carbocycles. The highest BCUT2D eigenvalue weighted by Crippen LogP contribution is 2.26. The summed E-state index contributed by atoms with van der Waals surface area (Å²) in [5.74, 6) is -0.254. The lowest BCUT2D eigenvalue weighted by molar-refractivity contribution is 0.543. The molecule has 0 fully saturated rings. The van der Waals surface area contributed by atoms with Gasteiger partial charge in [0.2, 0.25) is 0 Å². The molecule has 1 atom stereocenters. The van der Waals surface area contributed by atoms with E-state index in [9.17, 15) is 4.39 Å². The molecule has 0 radical (unpaired) electrons. The van der Waals surface area contributed by atoms with E-state index in [1.54, 1.807) is 6.07 Å². The van der Waals surface area contributed by atoms with Gasteiger partial charge in [-0.1, -0.05) is 48.4 Å². The molecule has 0 aromatic heterocycles. The fraction of sp³-hybridized carbons (Fsp3) is 0.294. The van der Waals surface area contributed by atoms with E-state index in [4.69, 9.17) is 11.6 Å². The van der Waals surface area contributed by atoms with Gasteiger partial charge in [0, 0.05) is 11.1 Å². The smallest absolute Gasteiger partial charge is 0.123 e. The molecule has 2 aromatic rings. The van der Waals surface area contributed by atoms with Gasteiger partial charge in [-0.15, -0.1) is 0 Å². The van der Waals surface area contributed by atoms with Gasteiger partial charge in [-0.05, 0) is 49.2 Å². The lowest BCUT2D eigenvalue weighted by Gasteiger charge is -2.20. The molecule has 0 bridgehead atoms. The average molecular weight is 292 g/mol. The highest BCUT2D eigenvalue weighted by Gasteiger charge is 2.15. The SMILES string of the molecule is CCNC(Cc1ccc(C)cc1)c1cc(F)ccc1Cl. The first-order valence-corrected chi connectivity index (χ1v) is 7.22. The van der Waals surface area contributed by atoms with Crippen molar-refractivity contribution < 1.29 is 4.39 Å². The molecule has 0 aliphatic rings. The Bertz CT molecular complexity index is 566. The zero-order valence-electron chi connectivity index (χ0n) is 11.8. The molecule has 1 N–H and O–H groups in total. The fourth-order valence-corrected chi connectivity index (χ4v) is 2.53. The minimum Gasteiger partial charge on any atom is -0.310 e. The van der Waals surface area contributed by atoms with Crippen LogP contribution in [0, 0.1) is 12.7 Å². The van der Waals surface area contributed by atoms with Crippen LogP contribution in [0.5, 0.6) is 0 Å². The number of halogens is 2. The molecule has 1 unspecified atom stereocenters. The lowest BCUT2D eigenvalue weighted by atomic mass is 9.98. The van der Waals surface area contributed by atoms with Crippen molar-refractivity contribution in [1.29, 1.82) is 0 Å². The molecule has 0 aliphatic carbocycles. The number of rotatable bonds is 5. The first-order chi connectivity index (χ1) is 9.60. The van der Waals surface area contributed by atoms with Gasteiger partial charge in [-0.25, -0.2) is 4.39 Å². The maximum atomic E-state index is 13.5. The summed E-state index contributed by atoms with van der Waals surface area (Å²) in [7, 11) is 0. The van der Waals surface area contributed by atoms with Crippen LogP contribution in [0.4, 0.5) is 4.39 Å². The lowest BCUT2D eigenvalue weighted by Crippen LogP contribution is -2.23. The van der Waals surface area contributed by atoms with Crippen molar-refractivity contribution in [3.05, 3.63) is 70.0 Å². The number of aryl methyl sites for hydroxylation is 1. The standard InChI is InChI=1S/C17H19ClFN/c1-3-20-17(10-13-6-4-12(2)5-7-13)15-11-14(19)8-9-16(15)18/h4-9,11,17,20H,3,10H2,1-2H3. The Hall–Kier alpha value is -1.38. The van der Waals surface area contributed by atoms with E-state index in [0.29, 0.717) is 5.02 Å². The third kappa shape index (κ3) is 3.81. The fourth-order valence-electron chi connectivity index (χ4n) is 2.28. The first kappa shape index (κ1) is 15.0. The summed E-state index contributed by atoms with van der Waals surface area (Å²) >= 11 is 6.21. The molecule has 0 amide bonds. The highest BCUT2D eigenvalue weighted by atomic mass is 35.5. The monoisotopic (exact) mass is 291 g/mol. The van der Waals surface area contributed by atoms with Crippen molar-refractivity contribution in [3.8, 4) is 0 Å². The highest BCUT2D eigenvalue weighted by molar-refractivity contribution is 6.31. The van der Waals surface area contributed by atoms with Gasteiger partial charge >= 0.3 is 0 Å². The molecule has 3 heteroatoms. The molecule has 0 aliphatic heterocycles. The number of hydrogen-bond acceptors (Lipinski definition) is 1. The largest absolute Gasteiger partial charge is 0.310 e. The molecular weight excluding hydrogens is 273 g/mol. The van der Waals surface area contributed by atoms with Crippen LogP contribution < -0.4 is 5.32 Å². The van der Waals surface area contributed by atoms with Gasteiger partial charge < -0.3 is 5.32 Å². The molecule has 106 valence electrons. The quantitative estimate of drug-likeness (QED) is 0.843. The van der Waals surface area contributed by atoms with Crippen LogP contribution in [-0.2, 0) is 6.42 Å². The van der Waals surface area contributed by atoms with E-state index in [1.807, 2.05) is 6.92 Å². The normalized spacial score (nSPS) is 12.4. The number of hydrogen-bond donors (Lipinski definition) is 1. The summed E-state index contributed by atoms with van der Waals surface area (Å²) in [6.07, 6.45) is 0.789. The Labute approximate surface area is 124 Å². The summed E-state index contributed by atoms with van der Waals surface area (Å²) < 4.78 is 13.5. The van der Waals surface area contributed by atoms with Crippen LogP contribution in [0.25, 0.3) is 0 Å². The van der Waals surface area contributed by atoms with Crippen molar-refractivity contribution in [3.63, 3.8) is 0 Å². The van der Waals surface area contributed by atoms with Crippen molar-refractivity contribution in [1.82, 2.24) is 5.32 Å². The van der Waals surface area contributed by atoms with Crippen molar-refractivity contribution in [2.45, 2.75) is 26.3 Å². The van der Waals surface area contributed by atoms with E-state index < -0.39 is 0 Å². The number of likely N-dealkylation sites (N-methyl/N-ethyl adjacent to an activating group) is 1. The molecule has 0 spiro atoms. The summed E-state index contributed by atoms with van der Waals surface area (Å²) in [5, 5.41) is 3.98. The summed E-state index contributed by atoms with van der Waals surface area (Å²) in [6, 6.07) is 12.9. The van der Waals surface area contributed by atoms with Crippen molar-refractivity contribution in [2.75, 3.05) is 6.54 Å². The minimum absolute atomic E-state index is 0.0194. The van der Waals surface area contributed by atoms with Gasteiger partial charge in [0.05, 0.1) is 0 Å². The van der Waals surface area contributed by atoms with Crippen LogP contribution in [0.3, 0.4) is 0 Å².